The molecule has 0 saturated heterocycles. The van der Waals surface area contributed by atoms with Crippen molar-refractivity contribution in [3.05, 3.63) is 35.4 Å². The first kappa shape index (κ1) is 17.3. The first-order valence-electron chi connectivity index (χ1n) is 7.85. The van der Waals surface area contributed by atoms with E-state index >= 15 is 0 Å². The van der Waals surface area contributed by atoms with Crippen molar-refractivity contribution >= 4 is 17.7 Å². The van der Waals surface area contributed by atoms with Crippen LogP contribution in [0.5, 0.6) is 0 Å². The Morgan fingerprint density at radius 3 is 2.86 bits per heavy atom. The van der Waals surface area contributed by atoms with Gasteiger partial charge in [0.25, 0.3) is 0 Å². The van der Waals surface area contributed by atoms with Crippen molar-refractivity contribution in [2.75, 3.05) is 25.9 Å². The molecule has 5 heteroatoms. The average molecular weight is 322 g/mol. The topological polar surface area (TPSA) is 52.6 Å². The van der Waals surface area contributed by atoms with Gasteiger partial charge in [0.1, 0.15) is 0 Å². The molecule has 1 aliphatic heterocycles. The number of benzene rings is 1. The van der Waals surface area contributed by atoms with Gasteiger partial charge in [0.05, 0.1) is 6.10 Å². The third-order valence-corrected chi connectivity index (χ3v) is 5.06. The molecule has 0 bridgehead atoms. The lowest BCUT2D eigenvalue weighted by Gasteiger charge is -2.30. The van der Waals surface area contributed by atoms with Gasteiger partial charge >= 0.3 is 0 Å². The van der Waals surface area contributed by atoms with Crippen molar-refractivity contribution in [1.29, 1.82) is 0 Å². The Morgan fingerprint density at radius 2 is 2.14 bits per heavy atom. The number of hydrogen-bond donors (Lipinski definition) is 2. The van der Waals surface area contributed by atoms with Crippen molar-refractivity contribution in [3.8, 4) is 0 Å². The van der Waals surface area contributed by atoms with Crippen molar-refractivity contribution in [3.63, 3.8) is 0 Å². The molecule has 0 saturated carbocycles. The summed E-state index contributed by atoms with van der Waals surface area (Å²) in [7, 11) is 0. The van der Waals surface area contributed by atoms with Gasteiger partial charge in [-0.15, -0.1) is 0 Å². The summed E-state index contributed by atoms with van der Waals surface area (Å²) in [5.74, 6) is 0.0184. The molecule has 0 spiro atoms. The zero-order valence-corrected chi connectivity index (χ0v) is 14.2. The molecule has 1 aliphatic rings. The number of fused-ring (bicyclic) bond motifs is 1. The highest BCUT2D eigenvalue weighted by molar-refractivity contribution is 7.99. The number of nitrogens with one attached hydrogen (secondary N) is 1. The number of aliphatic hydroxyl groups excluding tert-OH is 1. The van der Waals surface area contributed by atoms with Crippen LogP contribution in [0.2, 0.25) is 0 Å². The summed E-state index contributed by atoms with van der Waals surface area (Å²) in [6.07, 6.45) is 3.02. The van der Waals surface area contributed by atoms with Crippen LogP contribution in [-0.4, -0.2) is 53.2 Å². The molecule has 22 heavy (non-hydrogen) atoms. The number of nitrogens with zero attached hydrogens (tertiary/aromatic N) is 1. The van der Waals surface area contributed by atoms with Crippen LogP contribution in [0.4, 0.5) is 0 Å². The van der Waals surface area contributed by atoms with E-state index in [9.17, 15) is 9.90 Å². The molecule has 122 valence electrons. The van der Waals surface area contributed by atoms with Gasteiger partial charge in [0, 0.05) is 37.8 Å². The van der Waals surface area contributed by atoms with E-state index < -0.39 is 6.10 Å². The fraction of sp³-hybridized carbons (Fsp3) is 0.588. The van der Waals surface area contributed by atoms with Crippen LogP contribution < -0.4 is 5.32 Å². The summed E-state index contributed by atoms with van der Waals surface area (Å²) < 4.78 is 0. The number of carbonyl (C=O) groups excluding carboxylic acids is 1. The van der Waals surface area contributed by atoms with Crippen molar-refractivity contribution in [2.45, 2.75) is 37.7 Å². The van der Waals surface area contributed by atoms with Crippen LogP contribution in [0, 0.1) is 0 Å². The molecule has 1 aromatic rings. The zero-order valence-electron chi connectivity index (χ0n) is 13.4. The Labute approximate surface area is 137 Å². The molecule has 1 aromatic carbocycles. The predicted octanol–water partition coefficient (Wildman–Crippen LogP) is 1.66. The predicted molar refractivity (Wildman–Crippen MR) is 92.0 cm³/mol. The first-order valence-corrected chi connectivity index (χ1v) is 9.14. The minimum atomic E-state index is -0.515. The fourth-order valence-corrected chi connectivity index (χ4v) is 3.04. The zero-order chi connectivity index (χ0) is 15.9. The minimum absolute atomic E-state index is 0.0184. The number of amides is 1. The molecule has 2 unspecified atom stereocenters. The van der Waals surface area contributed by atoms with Crippen LogP contribution >= 0.6 is 11.8 Å². The first-order chi connectivity index (χ1) is 10.6. The van der Waals surface area contributed by atoms with Gasteiger partial charge < -0.3 is 10.4 Å². The summed E-state index contributed by atoms with van der Waals surface area (Å²) >= 11 is 1.68. The highest BCUT2D eigenvalue weighted by Gasteiger charge is 2.18. The molecule has 0 radical (unpaired) electrons. The lowest BCUT2D eigenvalue weighted by Crippen LogP contribution is -2.42. The molecule has 0 aromatic heterocycles. The monoisotopic (exact) mass is 322 g/mol. The molecule has 2 rings (SSSR count). The SMILES string of the molecule is CSC(C)CC(=O)NCC(O)CN1CCc2ccccc2C1. The Hall–Kier alpha value is -1.04. The largest absolute Gasteiger partial charge is 0.390 e. The number of rotatable bonds is 7. The van der Waals surface area contributed by atoms with Gasteiger partial charge in [0.15, 0.2) is 0 Å². The standard InChI is InChI=1S/C17H26N2O2S/c1-13(22-2)9-17(21)18-10-16(20)12-19-8-7-14-5-3-4-6-15(14)11-19/h3-6,13,16,20H,7-12H2,1-2H3,(H,18,21). The lowest BCUT2D eigenvalue weighted by molar-refractivity contribution is -0.121. The quantitative estimate of drug-likeness (QED) is 0.802. The normalized spacial score (nSPS) is 17.6. The van der Waals surface area contributed by atoms with Gasteiger partial charge in [-0.3, -0.25) is 9.69 Å². The van der Waals surface area contributed by atoms with E-state index in [4.69, 9.17) is 0 Å². The van der Waals surface area contributed by atoms with Gasteiger partial charge in [0.2, 0.25) is 5.91 Å². The summed E-state index contributed by atoms with van der Waals surface area (Å²) in [5, 5.41) is 13.3. The van der Waals surface area contributed by atoms with Crippen LogP contribution in [-0.2, 0) is 17.8 Å². The maximum atomic E-state index is 11.7. The molecule has 2 atom stereocenters. The van der Waals surface area contributed by atoms with E-state index in [0.29, 0.717) is 24.8 Å². The number of β-amino-alcohol motifs (C(OH)–C–C–N with tert-alkyl or cyclic N) is 1. The molecule has 2 N–H and O–H groups in total. The number of aliphatic hydroxyl groups is 1. The minimum Gasteiger partial charge on any atom is -0.390 e. The number of hydrogen-bond acceptors (Lipinski definition) is 4. The number of thioether (sulfide) groups is 1. The van der Waals surface area contributed by atoms with Gasteiger partial charge in [-0.2, -0.15) is 11.8 Å². The maximum absolute atomic E-state index is 11.7. The Bertz CT molecular complexity index is 495. The molecular formula is C17H26N2O2S. The van der Waals surface area contributed by atoms with Crippen molar-refractivity contribution < 1.29 is 9.90 Å². The van der Waals surface area contributed by atoms with Crippen LogP contribution in [0.25, 0.3) is 0 Å². The molecule has 1 amide bonds. The summed E-state index contributed by atoms with van der Waals surface area (Å²) in [4.78, 5) is 14.0. The van der Waals surface area contributed by atoms with E-state index in [-0.39, 0.29) is 5.91 Å². The van der Waals surface area contributed by atoms with E-state index in [1.54, 1.807) is 11.8 Å². The molecule has 4 nitrogen and oxygen atoms in total. The van der Waals surface area contributed by atoms with Crippen LogP contribution in [0.15, 0.2) is 24.3 Å². The Morgan fingerprint density at radius 1 is 1.41 bits per heavy atom. The fourth-order valence-electron chi connectivity index (χ4n) is 2.72. The second kappa shape index (κ2) is 8.56. The van der Waals surface area contributed by atoms with E-state index in [1.807, 2.05) is 13.2 Å². The Kier molecular flexibility index (Phi) is 6.73. The summed E-state index contributed by atoms with van der Waals surface area (Å²) in [5.41, 5.74) is 2.76. The lowest BCUT2D eigenvalue weighted by atomic mass is 10.00. The summed E-state index contributed by atoms with van der Waals surface area (Å²) in [6, 6.07) is 8.47. The van der Waals surface area contributed by atoms with E-state index in [2.05, 4.69) is 34.5 Å². The van der Waals surface area contributed by atoms with Gasteiger partial charge in [-0.25, -0.2) is 0 Å². The van der Waals surface area contributed by atoms with Crippen molar-refractivity contribution in [1.82, 2.24) is 10.2 Å². The second-order valence-corrected chi connectivity index (χ2v) is 7.24. The highest BCUT2D eigenvalue weighted by Crippen LogP contribution is 2.18. The third kappa shape index (κ3) is 5.30. The highest BCUT2D eigenvalue weighted by atomic mass is 32.2. The second-order valence-electron chi connectivity index (χ2n) is 5.96. The van der Waals surface area contributed by atoms with Crippen LogP contribution in [0.3, 0.4) is 0 Å². The molecule has 0 aliphatic carbocycles. The van der Waals surface area contributed by atoms with Crippen molar-refractivity contribution in [2.24, 2.45) is 0 Å². The molecule has 1 heterocycles. The van der Waals surface area contributed by atoms with E-state index in [0.717, 1.165) is 19.5 Å². The molecule has 0 fully saturated rings. The Balaban J connectivity index is 1.72. The van der Waals surface area contributed by atoms with E-state index in [1.165, 1.54) is 11.1 Å². The maximum Gasteiger partial charge on any atom is 0.221 e. The van der Waals surface area contributed by atoms with Gasteiger partial charge in [-0.1, -0.05) is 31.2 Å². The number of carbonyl (C=O) groups is 1. The molecular weight excluding hydrogens is 296 g/mol. The third-order valence-electron chi connectivity index (χ3n) is 4.09. The smallest absolute Gasteiger partial charge is 0.221 e. The van der Waals surface area contributed by atoms with Crippen LogP contribution in [0.1, 0.15) is 24.5 Å². The summed E-state index contributed by atoms with van der Waals surface area (Å²) in [6.45, 7) is 4.81. The average Bonchev–Trinajstić information content (AvgIpc) is 2.52. The van der Waals surface area contributed by atoms with Gasteiger partial charge in [-0.05, 0) is 23.8 Å².